The summed E-state index contributed by atoms with van der Waals surface area (Å²) in [5.41, 5.74) is 6.93. The Hall–Kier alpha value is -3.61. The van der Waals surface area contributed by atoms with Gasteiger partial charge in [0.15, 0.2) is 5.76 Å². The molecule has 2 aromatic carbocycles. The number of benzene rings is 2. The van der Waals surface area contributed by atoms with Crippen LogP contribution in [-0.4, -0.2) is 71.4 Å². The number of rotatable bonds is 9. The maximum absolute atomic E-state index is 14.0. The predicted octanol–water partition coefficient (Wildman–Crippen LogP) is 2.23. The molecule has 2 heterocycles. The number of aliphatic hydroxyl groups is 3. The Bertz CT molecular complexity index is 1430. The number of fused-ring (bicyclic) bond motifs is 1. The first-order valence-corrected chi connectivity index (χ1v) is 12.9. The molecule has 0 aliphatic carbocycles. The number of allylic oxidation sites excluding steroid dienone is 2. The third kappa shape index (κ3) is 5.79. The summed E-state index contributed by atoms with van der Waals surface area (Å²) < 4.78 is 28.8. The topological polar surface area (TPSA) is 174 Å². The van der Waals surface area contributed by atoms with Crippen LogP contribution in [0.25, 0.3) is 22.3 Å². The van der Waals surface area contributed by atoms with Gasteiger partial charge in [0, 0.05) is 23.7 Å². The molecule has 1 saturated heterocycles. The zero-order valence-corrected chi connectivity index (χ0v) is 22.8. The molecule has 0 unspecified atom stereocenters. The van der Waals surface area contributed by atoms with E-state index in [0.29, 0.717) is 29.0 Å². The van der Waals surface area contributed by atoms with Crippen LogP contribution in [0.5, 0.6) is 23.0 Å². The van der Waals surface area contributed by atoms with Crippen molar-refractivity contribution in [2.24, 2.45) is 5.73 Å². The van der Waals surface area contributed by atoms with Crippen LogP contribution in [0.1, 0.15) is 26.3 Å². The van der Waals surface area contributed by atoms with Crippen molar-refractivity contribution in [3.8, 4) is 34.3 Å². The molecule has 40 heavy (non-hydrogen) atoms. The molecule has 6 N–H and O–H groups in total. The van der Waals surface area contributed by atoms with E-state index in [0.717, 1.165) is 5.57 Å². The lowest BCUT2D eigenvalue weighted by molar-refractivity contribution is -0.268. The van der Waals surface area contributed by atoms with Gasteiger partial charge in [-0.25, -0.2) is 0 Å². The van der Waals surface area contributed by atoms with Gasteiger partial charge in [0.25, 0.3) is 0 Å². The highest BCUT2D eigenvalue weighted by molar-refractivity contribution is 5.91. The van der Waals surface area contributed by atoms with Crippen molar-refractivity contribution < 1.29 is 43.8 Å². The Labute approximate surface area is 231 Å². The Morgan fingerprint density at radius 3 is 2.42 bits per heavy atom. The summed E-state index contributed by atoms with van der Waals surface area (Å²) in [5, 5.41) is 41.7. The number of hydrogen-bond acceptors (Lipinski definition) is 11. The Balaban J connectivity index is 1.98. The first kappa shape index (κ1) is 29.4. The number of methoxy groups -OCH3 is 1. The van der Waals surface area contributed by atoms with Crippen molar-refractivity contribution in [3.63, 3.8) is 0 Å². The number of phenolic OH excluding ortho intramolecular Hbond substituents is 1. The fourth-order valence-corrected chi connectivity index (χ4v) is 4.42. The smallest absolute Gasteiger partial charge is 0.239 e. The fourth-order valence-electron chi connectivity index (χ4n) is 4.42. The van der Waals surface area contributed by atoms with Crippen molar-refractivity contribution in [2.45, 2.75) is 57.9 Å². The van der Waals surface area contributed by atoms with Crippen LogP contribution >= 0.6 is 0 Å². The van der Waals surface area contributed by atoms with E-state index in [-0.39, 0.29) is 35.6 Å². The average molecular weight is 558 g/mol. The van der Waals surface area contributed by atoms with Crippen LogP contribution in [0.3, 0.4) is 0 Å². The van der Waals surface area contributed by atoms with E-state index in [1.54, 1.807) is 24.3 Å². The van der Waals surface area contributed by atoms with Gasteiger partial charge in [-0.3, -0.25) is 4.79 Å². The molecule has 0 bridgehead atoms. The Morgan fingerprint density at radius 1 is 1.10 bits per heavy atom. The van der Waals surface area contributed by atoms with Crippen LogP contribution in [0.4, 0.5) is 0 Å². The summed E-state index contributed by atoms with van der Waals surface area (Å²) in [6, 6.07) is 7.97. The second-order valence-electron chi connectivity index (χ2n) is 9.82. The van der Waals surface area contributed by atoms with Gasteiger partial charge in [0.2, 0.25) is 17.5 Å². The highest BCUT2D eigenvalue weighted by Gasteiger charge is 2.44. The number of phenols is 1. The normalized spacial score (nSPS) is 22.6. The number of ether oxygens (including phenoxy) is 4. The zero-order chi connectivity index (χ0) is 29.1. The van der Waals surface area contributed by atoms with Gasteiger partial charge in [-0.05, 0) is 51.5 Å². The maximum atomic E-state index is 14.0. The van der Waals surface area contributed by atoms with E-state index in [2.05, 4.69) is 0 Å². The number of hydrogen-bond donors (Lipinski definition) is 5. The maximum Gasteiger partial charge on any atom is 0.239 e. The summed E-state index contributed by atoms with van der Waals surface area (Å²) in [4.78, 5) is 14.0. The molecular formula is C29H35NO10. The molecule has 5 atom stereocenters. The predicted molar refractivity (Wildman–Crippen MR) is 147 cm³/mol. The van der Waals surface area contributed by atoms with E-state index in [1.807, 2.05) is 19.9 Å². The first-order chi connectivity index (χ1) is 19.1. The Morgan fingerprint density at radius 2 is 1.80 bits per heavy atom. The largest absolute Gasteiger partial charge is 0.507 e. The van der Waals surface area contributed by atoms with Gasteiger partial charge >= 0.3 is 0 Å². The molecule has 0 radical (unpaired) electrons. The molecule has 0 spiro atoms. The first-order valence-electron chi connectivity index (χ1n) is 12.9. The average Bonchev–Trinajstić information content (AvgIpc) is 2.93. The molecule has 0 amide bonds. The molecule has 1 aliphatic heterocycles. The van der Waals surface area contributed by atoms with Gasteiger partial charge in [-0.15, -0.1) is 0 Å². The van der Waals surface area contributed by atoms with E-state index >= 15 is 0 Å². The molecule has 3 aromatic rings. The molecule has 1 aromatic heterocycles. The fraction of sp³-hybridized carbons (Fsp3) is 0.414. The third-order valence-electron chi connectivity index (χ3n) is 6.65. The second kappa shape index (κ2) is 12.3. The number of nitrogens with two attached hydrogens (primary N) is 1. The Kier molecular flexibility index (Phi) is 9.02. The summed E-state index contributed by atoms with van der Waals surface area (Å²) in [6.45, 7) is 5.75. The lowest BCUT2D eigenvalue weighted by Gasteiger charge is -2.38. The molecule has 11 nitrogen and oxygen atoms in total. The van der Waals surface area contributed by atoms with Crippen molar-refractivity contribution in [3.05, 3.63) is 57.8 Å². The molecule has 1 aliphatic rings. The number of aromatic hydroxyl groups is 1. The molecular weight excluding hydrogens is 522 g/mol. The van der Waals surface area contributed by atoms with Crippen LogP contribution in [-0.2, 0) is 11.2 Å². The second-order valence-corrected chi connectivity index (χ2v) is 9.82. The van der Waals surface area contributed by atoms with Crippen molar-refractivity contribution in [1.29, 1.82) is 0 Å². The highest BCUT2D eigenvalue weighted by Crippen LogP contribution is 2.40. The number of aliphatic hydroxyl groups excluding tert-OH is 3. The summed E-state index contributed by atoms with van der Waals surface area (Å²) in [6.07, 6.45) is -4.81. The third-order valence-corrected chi connectivity index (χ3v) is 6.65. The lowest BCUT2D eigenvalue weighted by Crippen LogP contribution is -2.58. The van der Waals surface area contributed by atoms with E-state index < -0.39 is 41.9 Å². The molecule has 216 valence electrons. The molecule has 0 saturated carbocycles. The molecule has 1 fully saturated rings. The van der Waals surface area contributed by atoms with Crippen LogP contribution in [0.2, 0.25) is 0 Å². The van der Waals surface area contributed by atoms with E-state index in [1.165, 1.54) is 20.1 Å². The van der Waals surface area contributed by atoms with Crippen LogP contribution in [0, 0.1) is 0 Å². The molecule has 4 rings (SSSR count). The van der Waals surface area contributed by atoms with Crippen molar-refractivity contribution >= 4 is 11.0 Å². The van der Waals surface area contributed by atoms with Crippen LogP contribution < -0.4 is 25.4 Å². The SMILES string of the molecule is COc1ccc(-c2oc3c(CC=C(C)C)c(OCCN)cc(O)c3c(=O)c2O[C@H]2O[C@H](C)[C@@H](O)[C@H](O)[C@@H]2O)cc1. The van der Waals surface area contributed by atoms with Crippen molar-refractivity contribution in [1.82, 2.24) is 0 Å². The van der Waals surface area contributed by atoms with Gasteiger partial charge in [0.05, 0.1) is 13.2 Å². The van der Waals surface area contributed by atoms with Gasteiger partial charge in [-0.2, -0.15) is 0 Å². The lowest BCUT2D eigenvalue weighted by atomic mass is 10.00. The quantitative estimate of drug-likeness (QED) is 0.244. The highest BCUT2D eigenvalue weighted by atomic mass is 16.7. The van der Waals surface area contributed by atoms with Gasteiger partial charge < -0.3 is 49.5 Å². The monoisotopic (exact) mass is 557 g/mol. The summed E-state index contributed by atoms with van der Waals surface area (Å²) in [5.74, 6) is 0.0829. The van der Waals surface area contributed by atoms with Crippen LogP contribution in [0.15, 0.2) is 51.2 Å². The van der Waals surface area contributed by atoms with E-state index in [9.17, 15) is 25.2 Å². The van der Waals surface area contributed by atoms with Crippen molar-refractivity contribution in [2.75, 3.05) is 20.3 Å². The summed E-state index contributed by atoms with van der Waals surface area (Å²) in [7, 11) is 1.52. The standard InChI is InChI=1S/C29H35NO10/c1-14(2)5-10-18-20(37-12-11-30)13-19(31)21-23(33)28(40-29-25(35)24(34)22(32)15(3)38-29)26(39-27(18)21)16-6-8-17(36-4)9-7-16/h5-9,13,15,22,24-25,29,31-32,34-35H,10-12,30H2,1-4H3/t15-,22-,24+,25+,29-/m1/s1. The molecule has 11 heteroatoms. The van der Waals surface area contributed by atoms with E-state index in [4.69, 9.17) is 29.1 Å². The van der Waals surface area contributed by atoms with Gasteiger partial charge in [-0.1, -0.05) is 11.6 Å². The van der Waals surface area contributed by atoms with Gasteiger partial charge in [0.1, 0.15) is 53.1 Å². The summed E-state index contributed by atoms with van der Waals surface area (Å²) >= 11 is 0. The zero-order valence-electron chi connectivity index (χ0n) is 22.8. The minimum Gasteiger partial charge on any atom is -0.507 e. The minimum atomic E-state index is -1.68. The minimum absolute atomic E-state index is 0.0157.